The van der Waals surface area contributed by atoms with Crippen molar-refractivity contribution in [3.63, 3.8) is 0 Å². The van der Waals surface area contributed by atoms with Gasteiger partial charge in [0, 0.05) is 10.7 Å². The highest BCUT2D eigenvalue weighted by molar-refractivity contribution is 6.30. The minimum atomic E-state index is -4.89. The second kappa shape index (κ2) is 9.31. The maximum Gasteiger partial charge on any atom is 0.434 e. The van der Waals surface area contributed by atoms with E-state index >= 15 is 0 Å². The smallest absolute Gasteiger partial charge is 0.376 e. The second-order valence-electron chi connectivity index (χ2n) is 6.97. The van der Waals surface area contributed by atoms with Crippen LogP contribution >= 0.6 is 11.6 Å². The van der Waals surface area contributed by atoms with Crippen molar-refractivity contribution in [3.8, 4) is 5.69 Å². The Hall–Kier alpha value is -3.53. The Morgan fingerprint density at radius 1 is 1.09 bits per heavy atom. The highest BCUT2D eigenvalue weighted by Gasteiger charge is 2.40. The van der Waals surface area contributed by atoms with Crippen LogP contribution in [0.5, 0.6) is 0 Å². The average molecular weight is 466 g/mol. The summed E-state index contributed by atoms with van der Waals surface area (Å²) >= 11 is 5.85. The molecule has 1 heterocycles. The molecule has 0 aliphatic heterocycles. The molecule has 0 bridgehead atoms. The van der Waals surface area contributed by atoms with Crippen LogP contribution in [0.1, 0.15) is 27.2 Å². The lowest BCUT2D eigenvalue weighted by atomic mass is 10.1. The molecule has 0 radical (unpaired) electrons. The van der Waals surface area contributed by atoms with E-state index in [2.05, 4.69) is 15.8 Å². The van der Waals surface area contributed by atoms with E-state index in [1.54, 1.807) is 6.07 Å². The van der Waals surface area contributed by atoms with Crippen LogP contribution in [-0.4, -0.2) is 28.1 Å². The van der Waals surface area contributed by atoms with Gasteiger partial charge in [-0.2, -0.15) is 18.3 Å². The Labute approximate surface area is 186 Å². The van der Waals surface area contributed by atoms with Crippen LogP contribution in [0, 0.1) is 13.8 Å². The maximum atomic E-state index is 13.7. The van der Waals surface area contributed by atoms with Crippen LogP contribution in [-0.2, 0) is 11.0 Å². The Balaban J connectivity index is 1.70. The number of nitrogens with one attached hydrogen (secondary N) is 3. The molecule has 0 fully saturated rings. The van der Waals surface area contributed by atoms with Gasteiger partial charge in [0.2, 0.25) is 0 Å². The first kappa shape index (κ1) is 23.1. The van der Waals surface area contributed by atoms with Crippen molar-refractivity contribution in [1.29, 1.82) is 0 Å². The summed E-state index contributed by atoms with van der Waals surface area (Å²) in [5.74, 6) is -1.81. The van der Waals surface area contributed by atoms with Gasteiger partial charge in [-0.1, -0.05) is 35.4 Å². The summed E-state index contributed by atoms with van der Waals surface area (Å²) in [5.41, 5.74) is 4.77. The largest absolute Gasteiger partial charge is 0.434 e. The van der Waals surface area contributed by atoms with Crippen molar-refractivity contribution >= 4 is 29.1 Å². The van der Waals surface area contributed by atoms with E-state index in [1.165, 1.54) is 24.3 Å². The number of hydrogen-bond acceptors (Lipinski definition) is 4. The number of alkyl halides is 3. The molecule has 2 amide bonds. The van der Waals surface area contributed by atoms with Crippen LogP contribution in [0.2, 0.25) is 5.02 Å². The third-order valence-corrected chi connectivity index (χ3v) is 4.71. The van der Waals surface area contributed by atoms with Gasteiger partial charge < -0.3 is 5.32 Å². The number of halogens is 4. The molecule has 3 aromatic rings. The van der Waals surface area contributed by atoms with Crippen LogP contribution < -0.4 is 16.2 Å². The van der Waals surface area contributed by atoms with E-state index in [0.717, 1.165) is 23.0 Å². The SMILES string of the molecule is Cc1ccc(NCC(=O)NNC(=O)c2cnn(-c3cccc(Cl)c3)c2C(F)(F)F)c(C)c1. The summed E-state index contributed by atoms with van der Waals surface area (Å²) in [4.78, 5) is 24.4. The highest BCUT2D eigenvalue weighted by Crippen LogP contribution is 2.34. The zero-order valence-electron chi connectivity index (χ0n) is 17.0. The van der Waals surface area contributed by atoms with Gasteiger partial charge in [-0.05, 0) is 43.7 Å². The maximum absolute atomic E-state index is 13.7. The molecule has 3 N–H and O–H groups in total. The third kappa shape index (κ3) is 5.38. The van der Waals surface area contributed by atoms with Gasteiger partial charge in [0.05, 0.1) is 24.0 Å². The molecular weight excluding hydrogens is 447 g/mol. The average Bonchev–Trinajstić information content (AvgIpc) is 3.17. The van der Waals surface area contributed by atoms with E-state index in [1.807, 2.05) is 31.4 Å². The van der Waals surface area contributed by atoms with Gasteiger partial charge >= 0.3 is 6.18 Å². The standard InChI is InChI=1S/C21H19ClF3N5O2/c1-12-6-7-17(13(2)8-12)26-11-18(31)28-29-20(32)16-10-27-30(19(16)21(23,24)25)15-5-3-4-14(22)9-15/h3-10,26H,11H2,1-2H3,(H,28,31)(H,29,32). The summed E-state index contributed by atoms with van der Waals surface area (Å²) in [6, 6.07) is 11.2. The predicted octanol–water partition coefficient (Wildman–Crippen LogP) is 4.03. The summed E-state index contributed by atoms with van der Waals surface area (Å²) in [6.07, 6.45) is -4.11. The summed E-state index contributed by atoms with van der Waals surface area (Å²) in [6.45, 7) is 3.60. The molecule has 0 spiro atoms. The molecule has 32 heavy (non-hydrogen) atoms. The number of benzene rings is 2. The molecule has 7 nitrogen and oxygen atoms in total. The number of hydrazine groups is 1. The van der Waals surface area contributed by atoms with Gasteiger partial charge in [-0.15, -0.1) is 0 Å². The first-order valence-corrected chi connectivity index (χ1v) is 9.75. The third-order valence-electron chi connectivity index (χ3n) is 4.47. The van der Waals surface area contributed by atoms with Crippen molar-refractivity contribution in [2.75, 3.05) is 11.9 Å². The first-order valence-electron chi connectivity index (χ1n) is 9.37. The number of anilines is 1. The number of nitrogens with zero attached hydrogens (tertiary/aromatic N) is 2. The lowest BCUT2D eigenvalue weighted by Crippen LogP contribution is -2.44. The van der Waals surface area contributed by atoms with Crippen molar-refractivity contribution in [2.45, 2.75) is 20.0 Å². The van der Waals surface area contributed by atoms with Crippen LogP contribution in [0.15, 0.2) is 48.7 Å². The minimum Gasteiger partial charge on any atom is -0.376 e. The number of rotatable bonds is 5. The van der Waals surface area contributed by atoms with Gasteiger partial charge in [0.25, 0.3) is 11.8 Å². The highest BCUT2D eigenvalue weighted by atomic mass is 35.5. The molecule has 0 saturated heterocycles. The van der Waals surface area contributed by atoms with E-state index in [9.17, 15) is 22.8 Å². The Bertz CT molecular complexity index is 1160. The first-order chi connectivity index (χ1) is 15.1. The van der Waals surface area contributed by atoms with E-state index < -0.39 is 29.2 Å². The number of aryl methyl sites for hydroxylation is 2. The summed E-state index contributed by atoms with van der Waals surface area (Å²) in [7, 11) is 0. The molecule has 1 aromatic heterocycles. The van der Waals surface area contributed by atoms with E-state index in [4.69, 9.17) is 11.6 Å². The van der Waals surface area contributed by atoms with Crippen LogP contribution in [0.25, 0.3) is 5.69 Å². The number of aromatic nitrogens is 2. The van der Waals surface area contributed by atoms with E-state index in [-0.39, 0.29) is 17.3 Å². The molecule has 2 aromatic carbocycles. The number of hydrogen-bond donors (Lipinski definition) is 3. The lowest BCUT2D eigenvalue weighted by molar-refractivity contribution is -0.143. The second-order valence-corrected chi connectivity index (χ2v) is 7.41. The Kier molecular flexibility index (Phi) is 6.73. The van der Waals surface area contributed by atoms with E-state index in [0.29, 0.717) is 4.68 Å². The molecule has 168 valence electrons. The number of carbonyl (C=O) groups excluding carboxylic acids is 2. The molecule has 3 rings (SSSR count). The molecule has 0 aliphatic carbocycles. The quantitative estimate of drug-likeness (QED) is 0.496. The van der Waals surface area contributed by atoms with Crippen molar-refractivity contribution in [1.82, 2.24) is 20.6 Å². The Morgan fingerprint density at radius 3 is 2.50 bits per heavy atom. The fourth-order valence-corrected chi connectivity index (χ4v) is 3.20. The molecule has 0 saturated carbocycles. The zero-order chi connectivity index (χ0) is 23.5. The van der Waals surface area contributed by atoms with Crippen molar-refractivity contribution in [2.24, 2.45) is 0 Å². The Morgan fingerprint density at radius 2 is 1.84 bits per heavy atom. The molecule has 0 aliphatic rings. The van der Waals surface area contributed by atoms with Crippen molar-refractivity contribution < 1.29 is 22.8 Å². The normalized spacial score (nSPS) is 11.2. The van der Waals surface area contributed by atoms with Crippen LogP contribution in [0.4, 0.5) is 18.9 Å². The minimum absolute atomic E-state index is 0.0329. The molecular formula is C21H19ClF3N5O2. The van der Waals surface area contributed by atoms with Gasteiger partial charge in [-0.25, -0.2) is 4.68 Å². The van der Waals surface area contributed by atoms with Crippen LogP contribution in [0.3, 0.4) is 0 Å². The molecule has 0 unspecified atom stereocenters. The summed E-state index contributed by atoms with van der Waals surface area (Å²) in [5, 5.41) is 6.79. The number of carbonyl (C=O) groups is 2. The van der Waals surface area contributed by atoms with Gasteiger partial charge in [0.1, 0.15) is 0 Å². The monoisotopic (exact) mass is 465 g/mol. The molecule has 0 atom stereocenters. The molecule has 11 heteroatoms. The number of amides is 2. The zero-order valence-corrected chi connectivity index (χ0v) is 17.8. The van der Waals surface area contributed by atoms with Gasteiger partial charge in [0.15, 0.2) is 5.69 Å². The topological polar surface area (TPSA) is 88.1 Å². The lowest BCUT2D eigenvalue weighted by Gasteiger charge is -2.14. The van der Waals surface area contributed by atoms with Gasteiger partial charge in [-0.3, -0.25) is 20.4 Å². The van der Waals surface area contributed by atoms with Crippen molar-refractivity contribution in [3.05, 3.63) is 76.1 Å². The summed E-state index contributed by atoms with van der Waals surface area (Å²) < 4.78 is 41.6. The predicted molar refractivity (Wildman–Crippen MR) is 114 cm³/mol. The fraction of sp³-hybridized carbons (Fsp3) is 0.190. The fourth-order valence-electron chi connectivity index (χ4n) is 3.02.